The standard InChI is InChI=1S/C17H17N3O4/c21-7-5-19-12-1-2-13(20-6-8-22)15-14(12)16(23)10-3-4-18-9-11(10)17(15)24/h1-4,9,19-22H,5-8H2. The maximum Gasteiger partial charge on any atom is 0.198 e. The highest BCUT2D eigenvalue weighted by Gasteiger charge is 2.34. The lowest BCUT2D eigenvalue weighted by Gasteiger charge is -2.23. The fourth-order valence-corrected chi connectivity index (χ4v) is 2.79. The number of aromatic nitrogens is 1. The number of aliphatic hydroxyl groups is 2. The van der Waals surface area contributed by atoms with Crippen LogP contribution in [0.2, 0.25) is 0 Å². The van der Waals surface area contributed by atoms with Crippen molar-refractivity contribution in [3.63, 3.8) is 0 Å². The van der Waals surface area contributed by atoms with Gasteiger partial charge in [0.15, 0.2) is 11.6 Å². The number of pyridine rings is 1. The SMILES string of the molecule is O=C1c2ccncc2C(=O)c2c(NCCO)ccc(NCCO)c21. The summed E-state index contributed by atoms with van der Waals surface area (Å²) in [4.78, 5) is 29.7. The normalized spacial score (nSPS) is 12.6. The fraction of sp³-hybridized carbons (Fsp3) is 0.235. The summed E-state index contributed by atoms with van der Waals surface area (Å²) in [7, 11) is 0. The molecule has 7 heteroatoms. The van der Waals surface area contributed by atoms with Crippen molar-refractivity contribution in [2.45, 2.75) is 0 Å². The first-order valence-electron chi connectivity index (χ1n) is 7.59. The number of fused-ring (bicyclic) bond motifs is 2. The van der Waals surface area contributed by atoms with Gasteiger partial charge in [-0.25, -0.2) is 0 Å². The van der Waals surface area contributed by atoms with Crippen molar-refractivity contribution in [2.75, 3.05) is 36.9 Å². The maximum atomic E-state index is 12.9. The molecule has 24 heavy (non-hydrogen) atoms. The van der Waals surface area contributed by atoms with Gasteiger partial charge in [0.25, 0.3) is 0 Å². The lowest BCUT2D eigenvalue weighted by molar-refractivity contribution is 0.0979. The Morgan fingerprint density at radius 3 is 1.92 bits per heavy atom. The van der Waals surface area contributed by atoms with Gasteiger partial charge in [-0.15, -0.1) is 0 Å². The Kier molecular flexibility index (Phi) is 4.54. The molecule has 0 bridgehead atoms. The highest BCUT2D eigenvalue weighted by Crippen LogP contribution is 2.36. The molecule has 0 fully saturated rings. The summed E-state index contributed by atoms with van der Waals surface area (Å²) >= 11 is 0. The number of benzene rings is 1. The van der Waals surface area contributed by atoms with Gasteiger partial charge in [-0.3, -0.25) is 14.6 Å². The molecule has 7 nitrogen and oxygen atoms in total. The second-order valence-corrected chi connectivity index (χ2v) is 5.29. The van der Waals surface area contributed by atoms with Crippen molar-refractivity contribution >= 4 is 22.9 Å². The van der Waals surface area contributed by atoms with Crippen LogP contribution in [0.25, 0.3) is 0 Å². The van der Waals surface area contributed by atoms with Gasteiger partial charge >= 0.3 is 0 Å². The Morgan fingerprint density at radius 1 is 0.833 bits per heavy atom. The molecular weight excluding hydrogens is 310 g/mol. The Hall–Kier alpha value is -2.77. The molecule has 0 amide bonds. The number of carbonyl (C=O) groups excluding carboxylic acids is 2. The van der Waals surface area contributed by atoms with Crippen molar-refractivity contribution in [1.82, 2.24) is 4.98 Å². The Labute approximate surface area is 138 Å². The minimum atomic E-state index is -0.291. The summed E-state index contributed by atoms with van der Waals surface area (Å²) in [6.07, 6.45) is 2.87. The fourth-order valence-electron chi connectivity index (χ4n) is 2.79. The zero-order chi connectivity index (χ0) is 17.1. The molecule has 4 N–H and O–H groups in total. The molecule has 3 rings (SSSR count). The molecule has 0 aliphatic heterocycles. The van der Waals surface area contributed by atoms with Crippen LogP contribution in [0.1, 0.15) is 31.8 Å². The van der Waals surface area contributed by atoms with E-state index in [9.17, 15) is 9.59 Å². The van der Waals surface area contributed by atoms with E-state index in [2.05, 4.69) is 15.6 Å². The van der Waals surface area contributed by atoms with Gasteiger partial charge in [0.2, 0.25) is 0 Å². The molecule has 1 heterocycles. The summed E-state index contributed by atoms with van der Waals surface area (Å²) in [5.74, 6) is -0.559. The lowest BCUT2D eigenvalue weighted by Crippen LogP contribution is -2.25. The minimum Gasteiger partial charge on any atom is -0.395 e. The largest absolute Gasteiger partial charge is 0.395 e. The van der Waals surface area contributed by atoms with Crippen molar-refractivity contribution in [3.8, 4) is 0 Å². The second kappa shape index (κ2) is 6.77. The molecule has 0 spiro atoms. The molecule has 0 radical (unpaired) electrons. The van der Waals surface area contributed by atoms with E-state index in [0.717, 1.165) is 0 Å². The lowest BCUT2D eigenvalue weighted by atomic mass is 9.83. The average molecular weight is 327 g/mol. The van der Waals surface area contributed by atoms with Crippen molar-refractivity contribution in [1.29, 1.82) is 0 Å². The molecular formula is C17H17N3O4. The Balaban J connectivity index is 2.18. The maximum absolute atomic E-state index is 12.9. The molecule has 0 saturated heterocycles. The molecule has 0 unspecified atom stereocenters. The van der Waals surface area contributed by atoms with Crippen LogP contribution in [0.4, 0.5) is 11.4 Å². The van der Waals surface area contributed by atoms with E-state index >= 15 is 0 Å². The number of anilines is 2. The third kappa shape index (κ3) is 2.64. The predicted molar refractivity (Wildman–Crippen MR) is 88.7 cm³/mol. The smallest absolute Gasteiger partial charge is 0.198 e. The first-order chi connectivity index (χ1) is 11.7. The average Bonchev–Trinajstić information content (AvgIpc) is 2.62. The van der Waals surface area contributed by atoms with Crippen LogP contribution in [0, 0.1) is 0 Å². The molecule has 1 aromatic heterocycles. The number of ketones is 2. The molecule has 1 aliphatic carbocycles. The predicted octanol–water partition coefficient (Wildman–Crippen LogP) is 0.665. The van der Waals surface area contributed by atoms with Gasteiger partial charge in [-0.05, 0) is 18.2 Å². The minimum absolute atomic E-state index is 0.0953. The first-order valence-corrected chi connectivity index (χ1v) is 7.59. The van der Waals surface area contributed by atoms with Crippen LogP contribution in [0.3, 0.4) is 0 Å². The number of hydrogen-bond acceptors (Lipinski definition) is 7. The van der Waals surface area contributed by atoms with Gasteiger partial charge < -0.3 is 20.8 Å². The van der Waals surface area contributed by atoms with Gasteiger partial charge in [0, 0.05) is 42.4 Å². The van der Waals surface area contributed by atoms with Crippen LogP contribution in [0.5, 0.6) is 0 Å². The van der Waals surface area contributed by atoms with Gasteiger partial charge in [0.1, 0.15) is 0 Å². The van der Waals surface area contributed by atoms with Gasteiger partial charge in [-0.2, -0.15) is 0 Å². The zero-order valence-electron chi connectivity index (χ0n) is 12.9. The summed E-state index contributed by atoms with van der Waals surface area (Å²) in [6.45, 7) is 0.333. The quantitative estimate of drug-likeness (QED) is 0.526. The summed E-state index contributed by atoms with van der Waals surface area (Å²) in [5, 5.41) is 24.0. The Bertz CT molecular complexity index is 738. The van der Waals surface area contributed by atoms with Crippen molar-refractivity contribution in [3.05, 3.63) is 52.8 Å². The molecule has 124 valence electrons. The van der Waals surface area contributed by atoms with Crippen LogP contribution >= 0.6 is 0 Å². The molecule has 1 aliphatic rings. The van der Waals surface area contributed by atoms with Gasteiger partial charge in [-0.1, -0.05) is 0 Å². The van der Waals surface area contributed by atoms with E-state index in [1.54, 1.807) is 12.1 Å². The van der Waals surface area contributed by atoms with Crippen molar-refractivity contribution in [2.24, 2.45) is 0 Å². The topological polar surface area (TPSA) is 112 Å². The zero-order valence-corrected chi connectivity index (χ0v) is 12.9. The van der Waals surface area contributed by atoms with Gasteiger partial charge in [0.05, 0.1) is 29.9 Å². The highest BCUT2D eigenvalue weighted by atomic mass is 16.3. The number of rotatable bonds is 6. The van der Waals surface area contributed by atoms with Crippen LogP contribution in [-0.4, -0.2) is 53.1 Å². The summed E-state index contributed by atoms with van der Waals surface area (Å²) in [6, 6.07) is 4.90. The monoisotopic (exact) mass is 327 g/mol. The third-order valence-corrected chi connectivity index (χ3v) is 3.82. The van der Waals surface area contributed by atoms with Crippen LogP contribution in [-0.2, 0) is 0 Å². The van der Waals surface area contributed by atoms with E-state index in [1.807, 2.05) is 0 Å². The van der Waals surface area contributed by atoms with E-state index in [1.165, 1.54) is 18.5 Å². The number of nitrogens with zero attached hydrogens (tertiary/aromatic N) is 1. The molecule has 0 atom stereocenters. The van der Waals surface area contributed by atoms with Crippen LogP contribution < -0.4 is 10.6 Å². The van der Waals surface area contributed by atoms with Crippen LogP contribution in [0.15, 0.2) is 30.6 Å². The van der Waals surface area contributed by atoms with E-state index in [0.29, 0.717) is 16.9 Å². The number of nitrogens with one attached hydrogen (secondary N) is 2. The number of hydrogen-bond donors (Lipinski definition) is 4. The molecule has 0 saturated carbocycles. The summed E-state index contributed by atoms with van der Waals surface area (Å²) < 4.78 is 0. The van der Waals surface area contributed by atoms with E-state index in [-0.39, 0.29) is 54.6 Å². The van der Waals surface area contributed by atoms with E-state index in [4.69, 9.17) is 10.2 Å². The Morgan fingerprint density at radius 2 is 1.38 bits per heavy atom. The molecule has 2 aromatic rings. The molecule has 1 aromatic carbocycles. The number of carbonyl (C=O) groups is 2. The highest BCUT2D eigenvalue weighted by molar-refractivity contribution is 6.31. The van der Waals surface area contributed by atoms with E-state index < -0.39 is 0 Å². The van der Waals surface area contributed by atoms with Crippen molar-refractivity contribution < 1.29 is 19.8 Å². The first kappa shape index (κ1) is 16.1. The summed E-state index contributed by atoms with van der Waals surface area (Å²) in [5.41, 5.74) is 2.10. The number of aliphatic hydroxyl groups excluding tert-OH is 2. The second-order valence-electron chi connectivity index (χ2n) is 5.29. The third-order valence-electron chi connectivity index (χ3n) is 3.82.